The number of carbonyl (C=O) groups is 1. The van der Waals surface area contributed by atoms with Crippen LogP contribution in [-0.4, -0.2) is 35.6 Å². The summed E-state index contributed by atoms with van der Waals surface area (Å²) in [5, 5.41) is 3.26. The lowest BCUT2D eigenvalue weighted by molar-refractivity contribution is -0.118. The molecule has 144 valence electrons. The molecule has 0 atom stereocenters. The summed E-state index contributed by atoms with van der Waals surface area (Å²) in [4.78, 5) is 23.4. The van der Waals surface area contributed by atoms with Crippen molar-refractivity contribution in [2.45, 2.75) is 39.5 Å². The van der Waals surface area contributed by atoms with Crippen molar-refractivity contribution in [1.82, 2.24) is 9.97 Å². The van der Waals surface area contributed by atoms with Gasteiger partial charge >= 0.3 is 0 Å². The van der Waals surface area contributed by atoms with Gasteiger partial charge < -0.3 is 15.0 Å². The number of rotatable bonds is 5. The van der Waals surface area contributed by atoms with Crippen molar-refractivity contribution in [2.24, 2.45) is 0 Å². The van der Waals surface area contributed by atoms with Gasteiger partial charge in [0.15, 0.2) is 6.61 Å². The van der Waals surface area contributed by atoms with Crippen molar-refractivity contribution in [3.8, 4) is 5.88 Å². The van der Waals surface area contributed by atoms with Crippen LogP contribution in [0.4, 0.5) is 11.6 Å². The maximum atomic E-state index is 12.2. The van der Waals surface area contributed by atoms with Gasteiger partial charge in [-0.05, 0) is 44.4 Å². The van der Waals surface area contributed by atoms with Gasteiger partial charge in [0, 0.05) is 24.8 Å². The first-order valence-corrected chi connectivity index (χ1v) is 9.68. The standard InChI is InChI=1S/C20H25ClN4O2/c1-14-7-8-17(16(21)11-14)23-18(26)13-27-19-12-15(2)22-20(24-19)25-9-5-3-4-6-10-25/h7-8,11-12H,3-6,9-10,13H2,1-2H3,(H,23,26). The molecule has 1 aliphatic heterocycles. The fourth-order valence-electron chi connectivity index (χ4n) is 3.06. The van der Waals surface area contributed by atoms with Crippen LogP contribution >= 0.6 is 11.6 Å². The van der Waals surface area contributed by atoms with Gasteiger partial charge in [0.05, 0.1) is 10.7 Å². The number of halogens is 1. The van der Waals surface area contributed by atoms with Gasteiger partial charge in [-0.1, -0.05) is 30.5 Å². The summed E-state index contributed by atoms with van der Waals surface area (Å²) in [7, 11) is 0. The van der Waals surface area contributed by atoms with Gasteiger partial charge in [0.1, 0.15) is 0 Å². The van der Waals surface area contributed by atoms with Crippen LogP contribution in [0.5, 0.6) is 5.88 Å². The number of nitrogens with one attached hydrogen (secondary N) is 1. The van der Waals surface area contributed by atoms with Crippen molar-refractivity contribution < 1.29 is 9.53 Å². The molecule has 27 heavy (non-hydrogen) atoms. The van der Waals surface area contributed by atoms with Crippen molar-refractivity contribution in [1.29, 1.82) is 0 Å². The highest BCUT2D eigenvalue weighted by atomic mass is 35.5. The lowest BCUT2D eigenvalue weighted by atomic mass is 10.2. The summed E-state index contributed by atoms with van der Waals surface area (Å²) in [5.74, 6) is 0.800. The van der Waals surface area contributed by atoms with Crippen LogP contribution in [0.1, 0.15) is 36.9 Å². The quantitative estimate of drug-likeness (QED) is 0.833. The topological polar surface area (TPSA) is 67.3 Å². The molecule has 2 aromatic rings. The van der Waals surface area contributed by atoms with Gasteiger partial charge in [0.25, 0.3) is 5.91 Å². The maximum Gasteiger partial charge on any atom is 0.262 e. The molecule has 1 fully saturated rings. The lowest BCUT2D eigenvalue weighted by Crippen LogP contribution is -2.26. The SMILES string of the molecule is Cc1ccc(NC(=O)COc2cc(C)nc(N3CCCCCC3)n2)c(Cl)c1. The van der Waals surface area contributed by atoms with Crippen LogP contribution in [0.3, 0.4) is 0 Å². The van der Waals surface area contributed by atoms with E-state index in [4.69, 9.17) is 16.3 Å². The van der Waals surface area contributed by atoms with E-state index in [2.05, 4.69) is 20.2 Å². The maximum absolute atomic E-state index is 12.2. The Balaban J connectivity index is 1.62. The van der Waals surface area contributed by atoms with Gasteiger partial charge in [-0.15, -0.1) is 0 Å². The molecule has 1 aromatic heterocycles. The van der Waals surface area contributed by atoms with Gasteiger partial charge in [-0.3, -0.25) is 4.79 Å². The Morgan fingerprint density at radius 1 is 1.15 bits per heavy atom. The molecule has 0 saturated carbocycles. The average molecular weight is 389 g/mol. The molecular weight excluding hydrogens is 364 g/mol. The molecule has 3 rings (SSSR count). The first-order valence-electron chi connectivity index (χ1n) is 9.31. The Morgan fingerprint density at radius 2 is 1.89 bits per heavy atom. The van der Waals surface area contributed by atoms with Crippen LogP contribution in [0, 0.1) is 13.8 Å². The summed E-state index contributed by atoms with van der Waals surface area (Å²) in [6, 6.07) is 7.22. The molecule has 1 saturated heterocycles. The number of amides is 1. The van der Waals surface area contributed by atoms with Crippen molar-refractivity contribution in [3.05, 3.63) is 40.5 Å². The summed E-state index contributed by atoms with van der Waals surface area (Å²) in [6.45, 7) is 5.62. The Morgan fingerprint density at radius 3 is 2.59 bits per heavy atom. The Bertz CT molecular complexity index is 805. The molecular formula is C20H25ClN4O2. The summed E-state index contributed by atoms with van der Waals surface area (Å²) in [5.41, 5.74) is 2.42. The van der Waals surface area contributed by atoms with Gasteiger partial charge in [0.2, 0.25) is 11.8 Å². The number of ether oxygens (including phenoxy) is 1. The van der Waals surface area contributed by atoms with E-state index in [9.17, 15) is 4.79 Å². The normalized spacial score (nSPS) is 14.6. The molecule has 0 bridgehead atoms. The van der Waals surface area contributed by atoms with Crippen LogP contribution in [-0.2, 0) is 4.79 Å². The smallest absolute Gasteiger partial charge is 0.262 e. The summed E-state index contributed by atoms with van der Waals surface area (Å²) >= 11 is 6.15. The summed E-state index contributed by atoms with van der Waals surface area (Å²) in [6.07, 6.45) is 4.78. The lowest BCUT2D eigenvalue weighted by Gasteiger charge is -2.21. The van der Waals surface area contributed by atoms with E-state index in [0.29, 0.717) is 22.5 Å². The second-order valence-corrected chi connectivity index (χ2v) is 7.28. The van der Waals surface area contributed by atoms with Crippen LogP contribution in [0.2, 0.25) is 5.02 Å². The number of hydrogen-bond acceptors (Lipinski definition) is 5. The number of benzene rings is 1. The zero-order chi connectivity index (χ0) is 19.2. The van der Waals surface area contributed by atoms with Crippen LogP contribution < -0.4 is 15.0 Å². The van der Waals surface area contributed by atoms with E-state index in [-0.39, 0.29) is 12.5 Å². The molecule has 0 unspecified atom stereocenters. The van der Waals surface area contributed by atoms with Crippen LogP contribution in [0.15, 0.2) is 24.3 Å². The summed E-state index contributed by atoms with van der Waals surface area (Å²) < 4.78 is 5.61. The van der Waals surface area contributed by atoms with E-state index in [0.717, 1.165) is 37.2 Å². The zero-order valence-corrected chi connectivity index (χ0v) is 16.6. The minimum absolute atomic E-state index is 0.139. The molecule has 7 heteroatoms. The number of aryl methyl sites for hydroxylation is 2. The molecule has 1 N–H and O–H groups in total. The number of hydrogen-bond donors (Lipinski definition) is 1. The van der Waals surface area contributed by atoms with Crippen molar-refractivity contribution in [2.75, 3.05) is 29.9 Å². The van der Waals surface area contributed by atoms with E-state index >= 15 is 0 Å². The second kappa shape index (κ2) is 9.04. The molecule has 2 heterocycles. The predicted molar refractivity (Wildman–Crippen MR) is 108 cm³/mol. The fraction of sp³-hybridized carbons (Fsp3) is 0.450. The monoisotopic (exact) mass is 388 g/mol. The number of anilines is 2. The third-order valence-corrected chi connectivity index (χ3v) is 4.77. The highest BCUT2D eigenvalue weighted by Crippen LogP contribution is 2.23. The van der Waals surface area contributed by atoms with Gasteiger partial charge in [-0.2, -0.15) is 4.98 Å². The highest BCUT2D eigenvalue weighted by Gasteiger charge is 2.15. The van der Waals surface area contributed by atoms with Crippen LogP contribution in [0.25, 0.3) is 0 Å². The first kappa shape index (κ1) is 19.4. The predicted octanol–water partition coefficient (Wildman–Crippen LogP) is 4.14. The molecule has 1 amide bonds. The third kappa shape index (κ3) is 5.57. The van der Waals surface area contributed by atoms with Crippen molar-refractivity contribution in [3.63, 3.8) is 0 Å². The van der Waals surface area contributed by atoms with Crippen molar-refractivity contribution >= 4 is 29.1 Å². The highest BCUT2D eigenvalue weighted by molar-refractivity contribution is 6.33. The average Bonchev–Trinajstić information content (AvgIpc) is 2.91. The van der Waals surface area contributed by atoms with Gasteiger partial charge in [-0.25, -0.2) is 4.98 Å². The molecule has 1 aliphatic rings. The minimum atomic E-state index is -0.284. The Labute approximate surface area is 164 Å². The van der Waals surface area contributed by atoms with E-state index < -0.39 is 0 Å². The number of carbonyl (C=O) groups excluding carboxylic acids is 1. The third-order valence-electron chi connectivity index (χ3n) is 4.46. The Hall–Kier alpha value is -2.34. The first-order chi connectivity index (χ1) is 13.0. The second-order valence-electron chi connectivity index (χ2n) is 6.87. The number of aromatic nitrogens is 2. The molecule has 6 nitrogen and oxygen atoms in total. The van der Waals surface area contributed by atoms with E-state index in [1.165, 1.54) is 12.8 Å². The zero-order valence-electron chi connectivity index (χ0n) is 15.8. The van der Waals surface area contributed by atoms with E-state index in [1.54, 1.807) is 18.2 Å². The fourth-order valence-corrected chi connectivity index (χ4v) is 3.34. The molecule has 0 aliphatic carbocycles. The Kier molecular flexibility index (Phi) is 6.50. The number of nitrogens with zero attached hydrogens (tertiary/aromatic N) is 3. The molecule has 1 aromatic carbocycles. The molecule has 0 spiro atoms. The largest absolute Gasteiger partial charge is 0.467 e. The minimum Gasteiger partial charge on any atom is -0.467 e. The molecule has 0 radical (unpaired) electrons. The van der Waals surface area contributed by atoms with E-state index in [1.807, 2.05) is 19.9 Å².